The molecule has 7 rings (SSSR count). The van der Waals surface area contributed by atoms with Crippen LogP contribution in [-0.2, 0) is 0 Å². The molecule has 4 unspecified atom stereocenters. The van der Waals surface area contributed by atoms with Crippen LogP contribution in [0.25, 0.3) is 0 Å². The maximum atomic E-state index is 5.30. The molecular formula is C36H34N2P2. The smallest absolute Gasteiger partial charge is 0.0901 e. The zero-order valence-electron chi connectivity index (χ0n) is 22.6. The molecule has 2 saturated heterocycles. The zero-order valence-corrected chi connectivity index (χ0v) is 24.4. The van der Waals surface area contributed by atoms with Crippen LogP contribution in [-0.4, -0.2) is 9.97 Å². The first-order chi connectivity index (χ1) is 19.9. The van der Waals surface area contributed by atoms with Gasteiger partial charge in [0.25, 0.3) is 0 Å². The highest BCUT2D eigenvalue weighted by molar-refractivity contribution is 7.72. The van der Waals surface area contributed by atoms with E-state index in [4.69, 9.17) is 9.97 Å². The average molecular weight is 557 g/mol. The summed E-state index contributed by atoms with van der Waals surface area (Å²) in [6.07, 6.45) is 8.73. The van der Waals surface area contributed by atoms with Gasteiger partial charge in [0.15, 0.2) is 0 Å². The van der Waals surface area contributed by atoms with Crippen LogP contribution in [0.15, 0.2) is 134 Å². The monoisotopic (exact) mass is 556 g/mol. The Morgan fingerprint density at radius 1 is 0.375 bits per heavy atom. The average Bonchev–Trinajstić information content (AvgIpc) is 3.68. The van der Waals surface area contributed by atoms with Crippen LogP contribution in [0.2, 0.25) is 0 Å². The summed E-state index contributed by atoms with van der Waals surface area (Å²) in [4.78, 5) is 10.6. The molecule has 0 N–H and O–H groups in total. The topological polar surface area (TPSA) is 25.8 Å². The number of benzene rings is 4. The van der Waals surface area contributed by atoms with Crippen molar-refractivity contribution in [2.75, 3.05) is 0 Å². The first-order valence-corrected chi connectivity index (χ1v) is 17.4. The Morgan fingerprint density at radius 3 is 0.875 bits per heavy atom. The summed E-state index contributed by atoms with van der Waals surface area (Å²) in [5, 5.41) is 0. The highest BCUT2D eigenvalue weighted by Crippen LogP contribution is 2.72. The lowest BCUT2D eigenvalue weighted by Crippen LogP contribution is -2.31. The van der Waals surface area contributed by atoms with Gasteiger partial charge in [-0.3, -0.25) is 9.97 Å². The van der Waals surface area contributed by atoms with Crippen molar-refractivity contribution < 1.29 is 0 Å². The molecule has 0 spiro atoms. The fourth-order valence-corrected chi connectivity index (χ4v) is 14.3. The molecule has 5 aromatic rings. The zero-order chi connectivity index (χ0) is 26.7. The van der Waals surface area contributed by atoms with Crippen molar-refractivity contribution in [1.29, 1.82) is 0 Å². The Balaban J connectivity index is 1.39. The molecule has 2 nitrogen and oxygen atoms in total. The molecule has 0 aliphatic carbocycles. The van der Waals surface area contributed by atoms with Gasteiger partial charge in [0.05, 0.1) is 10.9 Å². The maximum Gasteiger partial charge on any atom is 0.0901 e. The highest BCUT2D eigenvalue weighted by atomic mass is 31.1. The van der Waals surface area contributed by atoms with Crippen LogP contribution in [0.4, 0.5) is 0 Å². The third-order valence-corrected chi connectivity index (χ3v) is 15.4. The number of hydrogen-bond acceptors (Lipinski definition) is 2. The van der Waals surface area contributed by atoms with Gasteiger partial charge < -0.3 is 0 Å². The van der Waals surface area contributed by atoms with Crippen molar-refractivity contribution in [2.24, 2.45) is 0 Å². The van der Waals surface area contributed by atoms with E-state index in [-0.39, 0.29) is 0 Å². The van der Waals surface area contributed by atoms with E-state index in [1.165, 1.54) is 58.8 Å². The fourth-order valence-electron chi connectivity index (χ4n) is 6.91. The normalized spacial score (nSPS) is 26.1. The predicted molar refractivity (Wildman–Crippen MR) is 170 cm³/mol. The molecule has 40 heavy (non-hydrogen) atoms. The van der Waals surface area contributed by atoms with Gasteiger partial charge >= 0.3 is 0 Å². The predicted octanol–water partition coefficient (Wildman–Crippen LogP) is 9.24. The molecule has 3 heterocycles. The van der Waals surface area contributed by atoms with Crippen molar-refractivity contribution in [3.8, 4) is 0 Å². The summed E-state index contributed by atoms with van der Waals surface area (Å²) in [6.45, 7) is 0. The standard InChI is InChI=1S/C36H34N2P2/c1-5-13-27(14-6-1)31-21-22-32(28-15-7-2-8-16-28)39(31)35-36(38-26-25-37-35)40-33(29-17-9-3-10-18-29)23-24-34(40)30-19-11-4-12-20-30/h1-20,25-26,31-34H,21-24H2. The Morgan fingerprint density at radius 2 is 0.625 bits per heavy atom. The van der Waals surface area contributed by atoms with Crippen molar-refractivity contribution in [1.82, 2.24) is 9.97 Å². The van der Waals surface area contributed by atoms with E-state index in [9.17, 15) is 0 Å². The molecule has 2 aliphatic rings. The van der Waals surface area contributed by atoms with E-state index < -0.39 is 15.8 Å². The molecule has 2 aliphatic heterocycles. The minimum Gasteiger partial charge on any atom is -0.253 e. The molecule has 2 fully saturated rings. The fraction of sp³-hybridized carbons (Fsp3) is 0.222. The van der Waals surface area contributed by atoms with E-state index in [1.807, 2.05) is 12.4 Å². The van der Waals surface area contributed by atoms with Gasteiger partial charge in [0.2, 0.25) is 0 Å². The van der Waals surface area contributed by atoms with Gasteiger partial charge in [-0.25, -0.2) is 0 Å². The van der Waals surface area contributed by atoms with Crippen molar-refractivity contribution in [2.45, 2.75) is 48.3 Å². The van der Waals surface area contributed by atoms with Gasteiger partial charge in [-0.15, -0.1) is 0 Å². The second-order valence-electron chi connectivity index (χ2n) is 10.9. The summed E-state index contributed by atoms with van der Waals surface area (Å²) < 4.78 is 0. The lowest BCUT2D eigenvalue weighted by atomic mass is 10.0. The van der Waals surface area contributed by atoms with Gasteiger partial charge in [0.1, 0.15) is 0 Å². The minimum atomic E-state index is -0.590. The minimum absolute atomic E-state index is 0.500. The van der Waals surface area contributed by atoms with Crippen LogP contribution in [0.3, 0.4) is 0 Å². The Kier molecular flexibility index (Phi) is 7.56. The SMILES string of the molecule is c1ccc(C2CCC(c3ccccc3)P2c2nccnc2P2C(c3ccccc3)CCC2c2ccccc2)cc1. The molecule has 4 aromatic carbocycles. The summed E-state index contributed by atoms with van der Waals surface area (Å²) >= 11 is 0. The quantitative estimate of drug-likeness (QED) is 0.195. The van der Waals surface area contributed by atoms with Crippen LogP contribution in [0.5, 0.6) is 0 Å². The van der Waals surface area contributed by atoms with Gasteiger partial charge in [-0.2, -0.15) is 0 Å². The summed E-state index contributed by atoms with van der Waals surface area (Å²) in [5.41, 5.74) is 10.5. The van der Waals surface area contributed by atoms with Crippen LogP contribution in [0, 0.1) is 0 Å². The Hall–Kier alpha value is -3.18. The first-order valence-electron chi connectivity index (χ1n) is 14.5. The summed E-state index contributed by atoms with van der Waals surface area (Å²) in [5.74, 6) is 0. The lowest BCUT2D eigenvalue weighted by Gasteiger charge is -2.32. The molecule has 0 radical (unpaired) electrons. The van der Waals surface area contributed by atoms with E-state index in [2.05, 4.69) is 121 Å². The Labute approximate surface area is 240 Å². The second-order valence-corrected chi connectivity index (χ2v) is 15.8. The molecule has 0 amide bonds. The Bertz CT molecular complexity index is 1320. The molecule has 4 atom stereocenters. The van der Waals surface area contributed by atoms with Crippen LogP contribution in [0.1, 0.15) is 70.6 Å². The van der Waals surface area contributed by atoms with E-state index in [0.29, 0.717) is 22.6 Å². The molecule has 4 heteroatoms. The number of aromatic nitrogens is 2. The number of rotatable bonds is 6. The number of hydrogen-bond donors (Lipinski definition) is 0. The van der Waals surface area contributed by atoms with Crippen molar-refractivity contribution in [3.63, 3.8) is 0 Å². The molecule has 0 saturated carbocycles. The molecule has 198 valence electrons. The second kappa shape index (κ2) is 11.7. The van der Waals surface area contributed by atoms with E-state index in [1.54, 1.807) is 0 Å². The van der Waals surface area contributed by atoms with E-state index in [0.717, 1.165) is 0 Å². The third kappa shape index (κ3) is 4.94. The summed E-state index contributed by atoms with van der Waals surface area (Å²) in [6, 6.07) is 44.9. The number of nitrogens with zero attached hydrogens (tertiary/aromatic N) is 2. The van der Waals surface area contributed by atoms with Crippen LogP contribution < -0.4 is 10.9 Å². The molecular weight excluding hydrogens is 522 g/mol. The van der Waals surface area contributed by atoms with Crippen LogP contribution >= 0.6 is 15.8 Å². The largest absolute Gasteiger partial charge is 0.253 e. The first kappa shape index (κ1) is 25.8. The maximum absolute atomic E-state index is 5.30. The van der Waals surface area contributed by atoms with Crippen molar-refractivity contribution >= 4 is 26.7 Å². The van der Waals surface area contributed by atoms with Crippen molar-refractivity contribution in [3.05, 3.63) is 156 Å². The van der Waals surface area contributed by atoms with E-state index >= 15 is 0 Å². The third-order valence-electron chi connectivity index (χ3n) is 8.66. The summed E-state index contributed by atoms with van der Waals surface area (Å²) in [7, 11) is -1.18. The molecule has 1 aromatic heterocycles. The van der Waals surface area contributed by atoms with Gasteiger partial charge in [-0.1, -0.05) is 121 Å². The lowest BCUT2D eigenvalue weighted by molar-refractivity contribution is 0.765. The van der Waals surface area contributed by atoms with Gasteiger partial charge in [0, 0.05) is 35.0 Å². The highest BCUT2D eigenvalue weighted by Gasteiger charge is 2.45. The van der Waals surface area contributed by atoms with Gasteiger partial charge in [-0.05, 0) is 63.8 Å². The molecule has 0 bridgehead atoms.